The number of benzene rings is 2. The Labute approximate surface area is 144 Å². The fourth-order valence-electron chi connectivity index (χ4n) is 3.26. The number of rotatable bonds is 3. The molecule has 1 saturated carbocycles. The highest BCUT2D eigenvalue weighted by molar-refractivity contribution is 6.33. The molecule has 4 rings (SSSR count). The molecule has 5 nitrogen and oxygen atoms in total. The number of hydrogen-bond acceptors (Lipinski definition) is 3. The van der Waals surface area contributed by atoms with E-state index >= 15 is 0 Å². The highest BCUT2D eigenvalue weighted by Gasteiger charge is 2.20. The second kappa shape index (κ2) is 6.24. The Bertz CT molecular complexity index is 899. The zero-order valence-corrected chi connectivity index (χ0v) is 13.8. The number of carbonyl (C=O) groups is 1. The summed E-state index contributed by atoms with van der Waals surface area (Å²) in [6, 6.07) is 13.1. The molecule has 122 valence electrons. The van der Waals surface area contributed by atoms with Gasteiger partial charge in [-0.25, -0.2) is 4.68 Å². The molecule has 1 fully saturated rings. The Kier molecular flexibility index (Phi) is 3.94. The second-order valence-electron chi connectivity index (χ2n) is 6.11. The summed E-state index contributed by atoms with van der Waals surface area (Å²) in [5.74, 6) is -0.208. The van der Waals surface area contributed by atoms with Gasteiger partial charge in [0.1, 0.15) is 5.52 Å². The van der Waals surface area contributed by atoms with Gasteiger partial charge in [-0.05, 0) is 43.2 Å². The van der Waals surface area contributed by atoms with Gasteiger partial charge < -0.3 is 5.32 Å². The van der Waals surface area contributed by atoms with Gasteiger partial charge in [0.05, 0.1) is 22.3 Å². The van der Waals surface area contributed by atoms with E-state index in [9.17, 15) is 4.79 Å². The third kappa shape index (κ3) is 2.76. The van der Waals surface area contributed by atoms with E-state index < -0.39 is 0 Å². The Morgan fingerprint density at radius 2 is 1.96 bits per heavy atom. The van der Waals surface area contributed by atoms with E-state index in [4.69, 9.17) is 11.6 Å². The van der Waals surface area contributed by atoms with Crippen molar-refractivity contribution < 1.29 is 4.79 Å². The quantitative estimate of drug-likeness (QED) is 0.766. The van der Waals surface area contributed by atoms with Crippen molar-refractivity contribution in [3.63, 3.8) is 0 Å². The summed E-state index contributed by atoms with van der Waals surface area (Å²) >= 11 is 6.09. The van der Waals surface area contributed by atoms with E-state index in [1.165, 1.54) is 12.8 Å². The van der Waals surface area contributed by atoms with Crippen LogP contribution >= 0.6 is 11.6 Å². The van der Waals surface area contributed by atoms with E-state index in [0.717, 1.165) is 23.9 Å². The van der Waals surface area contributed by atoms with Crippen LogP contribution in [0.4, 0.5) is 5.69 Å². The molecule has 0 saturated heterocycles. The summed E-state index contributed by atoms with van der Waals surface area (Å²) in [5.41, 5.74) is 2.87. The first-order valence-corrected chi connectivity index (χ1v) is 8.51. The van der Waals surface area contributed by atoms with Crippen LogP contribution in [0.3, 0.4) is 0 Å². The van der Waals surface area contributed by atoms with Gasteiger partial charge in [0.25, 0.3) is 5.91 Å². The molecule has 1 amide bonds. The van der Waals surface area contributed by atoms with Gasteiger partial charge in [-0.1, -0.05) is 41.8 Å². The molecule has 0 radical (unpaired) electrons. The fraction of sp³-hybridized carbons (Fsp3) is 0.278. The number of nitrogens with zero attached hydrogens (tertiary/aromatic N) is 3. The van der Waals surface area contributed by atoms with Gasteiger partial charge in [-0.15, -0.1) is 5.10 Å². The van der Waals surface area contributed by atoms with Crippen molar-refractivity contribution in [2.75, 3.05) is 5.32 Å². The maximum atomic E-state index is 12.4. The van der Waals surface area contributed by atoms with Gasteiger partial charge in [-0.2, -0.15) is 0 Å². The highest BCUT2D eigenvalue weighted by Crippen LogP contribution is 2.31. The number of amides is 1. The Balaban J connectivity index is 1.61. The van der Waals surface area contributed by atoms with Gasteiger partial charge >= 0.3 is 0 Å². The smallest absolute Gasteiger partial charge is 0.255 e. The minimum absolute atomic E-state index is 0.208. The lowest BCUT2D eigenvalue weighted by molar-refractivity contribution is 0.102. The summed E-state index contributed by atoms with van der Waals surface area (Å²) in [4.78, 5) is 12.4. The molecule has 0 bridgehead atoms. The third-order valence-electron chi connectivity index (χ3n) is 4.53. The summed E-state index contributed by atoms with van der Waals surface area (Å²) in [7, 11) is 0. The molecular weight excluding hydrogens is 324 g/mol. The number of para-hydroxylation sites is 1. The summed E-state index contributed by atoms with van der Waals surface area (Å²) < 4.78 is 2.00. The van der Waals surface area contributed by atoms with Gasteiger partial charge in [0, 0.05) is 5.56 Å². The van der Waals surface area contributed by atoms with Crippen LogP contribution < -0.4 is 5.32 Å². The van der Waals surface area contributed by atoms with E-state index in [0.29, 0.717) is 22.3 Å². The van der Waals surface area contributed by atoms with Crippen LogP contribution in [0.5, 0.6) is 0 Å². The van der Waals surface area contributed by atoms with Crippen LogP contribution in [0, 0.1) is 0 Å². The number of nitrogens with one attached hydrogen (secondary N) is 1. The van der Waals surface area contributed by atoms with Gasteiger partial charge in [0.2, 0.25) is 0 Å². The maximum absolute atomic E-state index is 12.4. The van der Waals surface area contributed by atoms with Crippen LogP contribution in [0.15, 0.2) is 42.5 Å². The van der Waals surface area contributed by atoms with Crippen LogP contribution in [0.1, 0.15) is 42.1 Å². The number of halogens is 1. The van der Waals surface area contributed by atoms with E-state index in [2.05, 4.69) is 15.6 Å². The van der Waals surface area contributed by atoms with Crippen molar-refractivity contribution in [1.82, 2.24) is 15.0 Å². The van der Waals surface area contributed by atoms with Crippen molar-refractivity contribution in [1.29, 1.82) is 0 Å². The monoisotopic (exact) mass is 340 g/mol. The van der Waals surface area contributed by atoms with Crippen molar-refractivity contribution in [3.8, 4) is 0 Å². The van der Waals surface area contributed by atoms with Crippen LogP contribution in [0.25, 0.3) is 11.0 Å². The Morgan fingerprint density at radius 3 is 2.75 bits per heavy atom. The molecule has 1 aromatic heterocycles. The lowest BCUT2D eigenvalue weighted by Gasteiger charge is -2.10. The predicted octanol–water partition coefficient (Wildman–Crippen LogP) is 4.45. The van der Waals surface area contributed by atoms with Crippen LogP contribution in [-0.4, -0.2) is 20.9 Å². The molecule has 1 N–H and O–H groups in total. The highest BCUT2D eigenvalue weighted by atomic mass is 35.5. The van der Waals surface area contributed by atoms with Gasteiger partial charge in [-0.3, -0.25) is 4.79 Å². The van der Waals surface area contributed by atoms with E-state index in [1.807, 2.05) is 28.9 Å². The van der Waals surface area contributed by atoms with Crippen LogP contribution in [0.2, 0.25) is 5.02 Å². The number of carbonyl (C=O) groups excluding carboxylic acids is 1. The topological polar surface area (TPSA) is 59.8 Å². The van der Waals surface area contributed by atoms with E-state index in [1.54, 1.807) is 18.2 Å². The number of fused-ring (bicyclic) bond motifs is 1. The largest absolute Gasteiger partial charge is 0.321 e. The lowest BCUT2D eigenvalue weighted by atomic mass is 10.1. The standard InChI is InChI=1S/C18H17ClN4O/c19-14-7-3-4-8-15(14)20-18(24)12-9-10-17-16(11-12)21-22-23(17)13-5-1-2-6-13/h3-4,7-11,13H,1-2,5-6H2,(H,20,24). The molecule has 0 unspecified atom stereocenters. The normalized spacial score (nSPS) is 15.0. The molecule has 1 heterocycles. The molecule has 3 aromatic rings. The summed E-state index contributed by atoms with van der Waals surface area (Å²) in [6.45, 7) is 0. The second-order valence-corrected chi connectivity index (χ2v) is 6.52. The average Bonchev–Trinajstić information content (AvgIpc) is 3.25. The maximum Gasteiger partial charge on any atom is 0.255 e. The van der Waals surface area contributed by atoms with Gasteiger partial charge in [0.15, 0.2) is 0 Å². The molecule has 2 aromatic carbocycles. The third-order valence-corrected chi connectivity index (χ3v) is 4.86. The van der Waals surface area contributed by atoms with E-state index in [-0.39, 0.29) is 5.91 Å². The van der Waals surface area contributed by atoms with Crippen molar-refractivity contribution in [3.05, 3.63) is 53.1 Å². The first-order chi connectivity index (χ1) is 11.7. The number of aromatic nitrogens is 3. The fourth-order valence-corrected chi connectivity index (χ4v) is 3.44. The summed E-state index contributed by atoms with van der Waals surface area (Å²) in [6.07, 6.45) is 4.77. The first-order valence-electron chi connectivity index (χ1n) is 8.13. The SMILES string of the molecule is O=C(Nc1ccccc1Cl)c1ccc2c(c1)nnn2C1CCCC1. The van der Waals surface area contributed by atoms with Crippen LogP contribution in [-0.2, 0) is 0 Å². The minimum atomic E-state index is -0.208. The van der Waals surface area contributed by atoms with Crippen molar-refractivity contribution >= 4 is 34.2 Å². The Morgan fingerprint density at radius 1 is 1.17 bits per heavy atom. The molecular formula is C18H17ClN4O. The lowest BCUT2D eigenvalue weighted by Crippen LogP contribution is -2.12. The van der Waals surface area contributed by atoms with Crippen molar-refractivity contribution in [2.45, 2.75) is 31.7 Å². The Hall–Kier alpha value is -2.40. The zero-order chi connectivity index (χ0) is 16.5. The van der Waals surface area contributed by atoms with Crippen molar-refractivity contribution in [2.24, 2.45) is 0 Å². The number of hydrogen-bond donors (Lipinski definition) is 1. The molecule has 0 atom stereocenters. The number of anilines is 1. The molecule has 6 heteroatoms. The average molecular weight is 341 g/mol. The predicted molar refractivity (Wildman–Crippen MR) is 94.4 cm³/mol. The molecule has 24 heavy (non-hydrogen) atoms. The first kappa shape index (κ1) is 15.1. The minimum Gasteiger partial charge on any atom is -0.321 e. The molecule has 1 aliphatic rings. The molecule has 1 aliphatic carbocycles. The molecule has 0 aliphatic heterocycles. The molecule has 0 spiro atoms. The summed E-state index contributed by atoms with van der Waals surface area (Å²) in [5, 5.41) is 11.9. The zero-order valence-electron chi connectivity index (χ0n) is 13.1.